The molecule has 6 heteroatoms. The van der Waals surface area contributed by atoms with E-state index in [2.05, 4.69) is 27.8 Å². The monoisotopic (exact) mass is 346 g/mol. The zero-order valence-corrected chi connectivity index (χ0v) is 13.4. The second-order valence-electron chi connectivity index (χ2n) is 5.03. The van der Waals surface area contributed by atoms with E-state index in [1.165, 1.54) is 0 Å². The highest BCUT2D eigenvalue weighted by molar-refractivity contribution is 9.09. The van der Waals surface area contributed by atoms with E-state index in [0.717, 1.165) is 12.1 Å². The lowest BCUT2D eigenvalue weighted by atomic mass is 10.0. The van der Waals surface area contributed by atoms with Gasteiger partial charge in [-0.2, -0.15) is 0 Å². The Morgan fingerprint density at radius 1 is 1.47 bits per heavy atom. The molecule has 0 spiro atoms. The van der Waals surface area contributed by atoms with Gasteiger partial charge in [-0.15, -0.1) is 0 Å². The minimum Gasteiger partial charge on any atom is -0.261 e. The Kier molecular flexibility index (Phi) is 4.97. The van der Waals surface area contributed by atoms with E-state index >= 15 is 0 Å². The maximum atomic E-state index is 12.3. The summed E-state index contributed by atoms with van der Waals surface area (Å²) in [5, 5.41) is 0. The van der Waals surface area contributed by atoms with Crippen LogP contribution in [0.3, 0.4) is 0 Å². The molecule has 19 heavy (non-hydrogen) atoms. The molecule has 0 aliphatic carbocycles. The van der Waals surface area contributed by atoms with Crippen molar-refractivity contribution in [3.05, 3.63) is 30.1 Å². The molecule has 106 valence electrons. The fraction of sp³-hybridized carbons (Fsp3) is 0.615. The van der Waals surface area contributed by atoms with Gasteiger partial charge in [-0.05, 0) is 24.5 Å². The fourth-order valence-electron chi connectivity index (χ4n) is 2.16. The first-order chi connectivity index (χ1) is 8.99. The first-order valence-corrected chi connectivity index (χ1v) is 9.03. The predicted molar refractivity (Wildman–Crippen MR) is 79.8 cm³/mol. The minimum absolute atomic E-state index is 0.137. The molecule has 1 aromatic rings. The molecule has 2 rings (SSSR count). The van der Waals surface area contributed by atoms with Crippen molar-refractivity contribution >= 4 is 26.0 Å². The van der Waals surface area contributed by atoms with Crippen LogP contribution in [0.1, 0.15) is 19.0 Å². The Hall–Kier alpha value is -0.460. The predicted octanol–water partition coefficient (Wildman–Crippen LogP) is 2.06. The standard InChI is InChI=1S/C13H19BrN2O2S/c1-11-5-8-16(10-13(11)14)19(17,18)9-6-12-4-2-3-7-15-12/h2-4,7,11,13H,5-6,8-10H2,1H3. The second kappa shape index (κ2) is 6.33. The molecule has 2 unspecified atom stereocenters. The number of rotatable bonds is 4. The van der Waals surface area contributed by atoms with Crippen molar-refractivity contribution in [2.45, 2.75) is 24.6 Å². The maximum Gasteiger partial charge on any atom is 0.214 e. The summed E-state index contributed by atoms with van der Waals surface area (Å²) in [6.45, 7) is 3.36. The van der Waals surface area contributed by atoms with Crippen LogP contribution in [0, 0.1) is 5.92 Å². The smallest absolute Gasteiger partial charge is 0.214 e. The third-order valence-corrected chi connectivity index (χ3v) is 6.60. The normalized spacial score (nSPS) is 25.4. The van der Waals surface area contributed by atoms with Crippen molar-refractivity contribution in [3.8, 4) is 0 Å². The zero-order valence-electron chi connectivity index (χ0n) is 11.0. The average Bonchev–Trinajstić information content (AvgIpc) is 2.41. The summed E-state index contributed by atoms with van der Waals surface area (Å²) in [5.41, 5.74) is 0.826. The Labute approximate surface area is 123 Å². The van der Waals surface area contributed by atoms with Gasteiger partial charge in [0.05, 0.1) is 5.75 Å². The van der Waals surface area contributed by atoms with Crippen LogP contribution in [0.4, 0.5) is 0 Å². The molecule has 0 N–H and O–H groups in total. The van der Waals surface area contributed by atoms with Crippen LogP contribution in [0.25, 0.3) is 0 Å². The van der Waals surface area contributed by atoms with Crippen LogP contribution < -0.4 is 0 Å². The average molecular weight is 347 g/mol. The summed E-state index contributed by atoms with van der Waals surface area (Å²) < 4.78 is 26.2. The van der Waals surface area contributed by atoms with Crippen molar-refractivity contribution in [1.82, 2.24) is 9.29 Å². The van der Waals surface area contributed by atoms with Crippen molar-refractivity contribution in [2.75, 3.05) is 18.8 Å². The molecule has 1 fully saturated rings. The van der Waals surface area contributed by atoms with Gasteiger partial charge in [-0.25, -0.2) is 12.7 Å². The number of alkyl halides is 1. The highest BCUT2D eigenvalue weighted by Crippen LogP contribution is 2.25. The lowest BCUT2D eigenvalue weighted by Crippen LogP contribution is -2.44. The van der Waals surface area contributed by atoms with Crippen LogP contribution in [0.2, 0.25) is 0 Å². The molecule has 1 aliphatic heterocycles. The van der Waals surface area contributed by atoms with Gasteiger partial charge in [0.25, 0.3) is 0 Å². The lowest BCUT2D eigenvalue weighted by Gasteiger charge is -2.33. The molecule has 2 atom stereocenters. The molecular formula is C13H19BrN2O2S. The molecule has 0 radical (unpaired) electrons. The molecular weight excluding hydrogens is 328 g/mol. The Balaban J connectivity index is 1.95. The van der Waals surface area contributed by atoms with E-state index in [1.54, 1.807) is 10.5 Å². The number of aryl methyl sites for hydroxylation is 1. The lowest BCUT2D eigenvalue weighted by molar-refractivity contribution is 0.300. The van der Waals surface area contributed by atoms with E-state index in [-0.39, 0.29) is 10.6 Å². The number of sulfonamides is 1. The molecule has 1 aromatic heterocycles. The SMILES string of the molecule is CC1CCN(S(=O)(=O)CCc2ccccn2)CC1Br. The first kappa shape index (κ1) is 14.9. The number of halogens is 1. The van der Waals surface area contributed by atoms with Gasteiger partial charge >= 0.3 is 0 Å². The minimum atomic E-state index is -3.17. The molecule has 0 bridgehead atoms. The third kappa shape index (κ3) is 4.00. The van der Waals surface area contributed by atoms with Gasteiger partial charge in [0, 0.05) is 36.2 Å². The number of aromatic nitrogens is 1. The molecule has 0 saturated carbocycles. The highest BCUT2D eigenvalue weighted by atomic mass is 79.9. The van der Waals surface area contributed by atoms with Crippen LogP contribution in [0.5, 0.6) is 0 Å². The van der Waals surface area contributed by atoms with E-state index < -0.39 is 10.0 Å². The number of hydrogen-bond donors (Lipinski definition) is 0. The van der Waals surface area contributed by atoms with Gasteiger partial charge in [0.2, 0.25) is 10.0 Å². The highest BCUT2D eigenvalue weighted by Gasteiger charge is 2.31. The van der Waals surface area contributed by atoms with Crippen LogP contribution in [-0.4, -0.2) is 41.4 Å². The van der Waals surface area contributed by atoms with Gasteiger partial charge < -0.3 is 0 Å². The van der Waals surface area contributed by atoms with E-state index in [9.17, 15) is 8.42 Å². The van der Waals surface area contributed by atoms with E-state index in [4.69, 9.17) is 0 Å². The summed E-state index contributed by atoms with van der Waals surface area (Å²) in [7, 11) is -3.17. The first-order valence-electron chi connectivity index (χ1n) is 6.51. The van der Waals surface area contributed by atoms with Crippen molar-refractivity contribution in [3.63, 3.8) is 0 Å². The fourth-order valence-corrected chi connectivity index (χ4v) is 4.46. The second-order valence-corrected chi connectivity index (χ2v) is 8.29. The molecule has 4 nitrogen and oxygen atoms in total. The van der Waals surface area contributed by atoms with Gasteiger partial charge in [0.1, 0.15) is 0 Å². The van der Waals surface area contributed by atoms with Gasteiger partial charge in [-0.1, -0.05) is 28.9 Å². The summed E-state index contributed by atoms with van der Waals surface area (Å²) in [5.74, 6) is 0.667. The largest absolute Gasteiger partial charge is 0.261 e. The number of nitrogens with zero attached hydrogens (tertiary/aromatic N) is 2. The van der Waals surface area contributed by atoms with E-state index in [0.29, 0.717) is 25.4 Å². The molecule has 2 heterocycles. The Morgan fingerprint density at radius 2 is 2.26 bits per heavy atom. The summed E-state index contributed by atoms with van der Waals surface area (Å²) >= 11 is 3.56. The maximum absolute atomic E-state index is 12.3. The quantitative estimate of drug-likeness (QED) is 0.784. The third-order valence-electron chi connectivity index (χ3n) is 3.57. The van der Waals surface area contributed by atoms with Crippen LogP contribution in [-0.2, 0) is 16.4 Å². The number of pyridine rings is 1. The van der Waals surface area contributed by atoms with Crippen molar-refractivity contribution in [2.24, 2.45) is 5.92 Å². The number of piperidine rings is 1. The van der Waals surface area contributed by atoms with E-state index in [1.807, 2.05) is 18.2 Å². The van der Waals surface area contributed by atoms with Crippen LogP contribution >= 0.6 is 15.9 Å². The van der Waals surface area contributed by atoms with Crippen molar-refractivity contribution < 1.29 is 8.42 Å². The molecule has 1 saturated heterocycles. The van der Waals surface area contributed by atoms with Gasteiger partial charge in [0.15, 0.2) is 0 Å². The summed E-state index contributed by atoms with van der Waals surface area (Å²) in [6, 6.07) is 5.58. The summed E-state index contributed by atoms with van der Waals surface area (Å²) in [4.78, 5) is 4.42. The number of hydrogen-bond acceptors (Lipinski definition) is 3. The Bertz CT molecular complexity index is 507. The molecule has 0 aromatic carbocycles. The zero-order chi connectivity index (χ0) is 13.9. The van der Waals surface area contributed by atoms with Crippen LogP contribution in [0.15, 0.2) is 24.4 Å². The molecule has 0 amide bonds. The Morgan fingerprint density at radius 3 is 2.89 bits per heavy atom. The van der Waals surface area contributed by atoms with Gasteiger partial charge in [-0.3, -0.25) is 4.98 Å². The summed E-state index contributed by atoms with van der Waals surface area (Å²) in [6.07, 6.45) is 3.08. The topological polar surface area (TPSA) is 50.3 Å². The molecule has 1 aliphatic rings. The van der Waals surface area contributed by atoms with Crippen molar-refractivity contribution in [1.29, 1.82) is 0 Å².